The first-order chi connectivity index (χ1) is 0. The molecule has 0 bridgehead atoms. The molecule has 0 saturated carbocycles. The number of hydrogen-bond donors (Lipinski definition) is 0. The van der Waals surface area contributed by atoms with Crippen molar-refractivity contribution in [3.63, 3.8) is 0 Å². The van der Waals surface area contributed by atoms with Crippen molar-refractivity contribution in [3.8, 4) is 0 Å². The maximum absolute atomic E-state index is 0. The van der Waals surface area contributed by atoms with Gasteiger partial charge in [-0.2, -0.15) is 0 Å². The average molecular weight is 199 g/mol. The van der Waals surface area contributed by atoms with Crippen molar-refractivity contribution in [1.82, 2.24) is 0 Å². The standard InChI is InChI=1S/BH3.Cu.Fe.Zn/h1H3;;;. The van der Waals surface area contributed by atoms with Gasteiger partial charge in [0.2, 0.25) is 0 Å². The molecule has 0 atom stereocenters. The van der Waals surface area contributed by atoms with E-state index in [2.05, 4.69) is 0 Å². The topological polar surface area (TPSA) is 0 Å². The summed E-state index contributed by atoms with van der Waals surface area (Å²) in [6.45, 7) is 0. The van der Waals surface area contributed by atoms with Gasteiger partial charge in [0.05, 0.1) is 8.41 Å². The molecular weight excluding hydrogens is 196 g/mol. The summed E-state index contributed by atoms with van der Waals surface area (Å²) in [6, 6.07) is 0. The van der Waals surface area contributed by atoms with Gasteiger partial charge in [0, 0.05) is 53.6 Å². The summed E-state index contributed by atoms with van der Waals surface area (Å²) in [5.41, 5.74) is 0. The Labute approximate surface area is 61.8 Å². The summed E-state index contributed by atoms with van der Waals surface area (Å²) in [5.74, 6) is 0. The Hall–Kier alpha value is 1.73. The van der Waals surface area contributed by atoms with E-state index in [4.69, 9.17) is 0 Å². The van der Waals surface area contributed by atoms with Gasteiger partial charge in [0.1, 0.15) is 0 Å². The Bertz CT molecular complexity index is 8.00. The molecule has 27 valence electrons. The number of rotatable bonds is 0. The predicted octanol–water partition coefficient (Wildman–Crippen LogP) is -1.19. The second-order valence-electron chi connectivity index (χ2n) is 0. The Kier molecular flexibility index (Phi) is 236. The van der Waals surface area contributed by atoms with Crippen LogP contribution in [0.2, 0.25) is 0 Å². The molecule has 0 aromatic heterocycles. The molecule has 4 heteroatoms. The van der Waals surface area contributed by atoms with Crippen LogP contribution in [0.25, 0.3) is 0 Å². The fourth-order valence-corrected chi connectivity index (χ4v) is 0. The van der Waals surface area contributed by atoms with E-state index in [1.54, 1.807) is 0 Å². The van der Waals surface area contributed by atoms with E-state index in [-0.39, 0.29) is 62.0 Å². The van der Waals surface area contributed by atoms with Crippen LogP contribution in [0.3, 0.4) is 0 Å². The molecule has 0 heterocycles. The van der Waals surface area contributed by atoms with Crippen LogP contribution in [0.5, 0.6) is 0 Å². The van der Waals surface area contributed by atoms with E-state index in [1.807, 2.05) is 0 Å². The van der Waals surface area contributed by atoms with Crippen molar-refractivity contribution in [1.29, 1.82) is 0 Å². The van der Waals surface area contributed by atoms with E-state index in [9.17, 15) is 0 Å². The van der Waals surface area contributed by atoms with Gasteiger partial charge >= 0.3 is 0 Å². The molecule has 0 aliphatic heterocycles. The Morgan fingerprint density at radius 3 is 1.00 bits per heavy atom. The van der Waals surface area contributed by atoms with Crippen molar-refractivity contribution in [3.05, 3.63) is 0 Å². The molecule has 0 saturated heterocycles. The third kappa shape index (κ3) is 9.29. The van der Waals surface area contributed by atoms with Crippen LogP contribution in [0.1, 0.15) is 0 Å². The summed E-state index contributed by atoms with van der Waals surface area (Å²) in [5, 5.41) is 0. The zero-order chi connectivity index (χ0) is 0. The largest absolute Gasteiger partial charge is 0.0814 e. The van der Waals surface area contributed by atoms with Crippen LogP contribution in [-0.2, 0) is 53.6 Å². The van der Waals surface area contributed by atoms with Crippen LogP contribution >= 0.6 is 0 Å². The fraction of sp³-hybridized carbons (Fsp3) is 0. The zero-order valence-corrected chi connectivity index (χ0v) is 6.38. The molecule has 0 unspecified atom stereocenters. The molecule has 1 radical (unpaired) electrons. The van der Waals surface area contributed by atoms with Crippen LogP contribution in [0, 0.1) is 0 Å². The fourth-order valence-electron chi connectivity index (χ4n) is 0. The van der Waals surface area contributed by atoms with Gasteiger partial charge in [-0.15, -0.1) is 0 Å². The van der Waals surface area contributed by atoms with Crippen LogP contribution in [0.15, 0.2) is 0 Å². The minimum Gasteiger partial charge on any atom is 0 e. The van der Waals surface area contributed by atoms with Crippen molar-refractivity contribution >= 4 is 8.41 Å². The summed E-state index contributed by atoms with van der Waals surface area (Å²) < 4.78 is 0. The van der Waals surface area contributed by atoms with E-state index in [1.165, 1.54) is 0 Å². The summed E-state index contributed by atoms with van der Waals surface area (Å²) in [7, 11) is 0. The summed E-state index contributed by atoms with van der Waals surface area (Å²) in [4.78, 5) is 0. The first kappa shape index (κ1) is 42.9. The Balaban J connectivity index is 0. The SMILES string of the molecule is B.[Cu].[Fe].[Zn]. The Morgan fingerprint density at radius 2 is 1.00 bits per heavy atom. The normalized spacial score (nSPS) is 0. The molecule has 0 rings (SSSR count). The van der Waals surface area contributed by atoms with Gasteiger partial charge in [0.15, 0.2) is 0 Å². The van der Waals surface area contributed by atoms with Gasteiger partial charge in [-0.05, 0) is 0 Å². The van der Waals surface area contributed by atoms with Gasteiger partial charge in [0.25, 0.3) is 0 Å². The second kappa shape index (κ2) is 22.0. The van der Waals surface area contributed by atoms with Gasteiger partial charge in [-0.3, -0.25) is 0 Å². The smallest absolute Gasteiger partial charge is 0 e. The van der Waals surface area contributed by atoms with Gasteiger partial charge in [-0.25, -0.2) is 0 Å². The molecule has 4 heavy (non-hydrogen) atoms. The first-order valence-electron chi connectivity index (χ1n) is 0. The Morgan fingerprint density at radius 1 is 1.00 bits per heavy atom. The molecule has 0 spiro atoms. The second-order valence-corrected chi connectivity index (χ2v) is 0. The molecule has 0 aromatic carbocycles. The van der Waals surface area contributed by atoms with Crippen molar-refractivity contribution in [2.75, 3.05) is 0 Å². The predicted molar refractivity (Wildman–Crippen MR) is 9.94 cm³/mol. The van der Waals surface area contributed by atoms with E-state index < -0.39 is 0 Å². The van der Waals surface area contributed by atoms with Crippen molar-refractivity contribution < 1.29 is 53.6 Å². The molecule has 0 N–H and O–H groups in total. The first-order valence-corrected chi connectivity index (χ1v) is 0. The van der Waals surface area contributed by atoms with E-state index in [0.717, 1.165) is 0 Å². The third-order valence-corrected chi connectivity index (χ3v) is 0. The van der Waals surface area contributed by atoms with Gasteiger partial charge < -0.3 is 0 Å². The molecule has 0 aromatic rings. The van der Waals surface area contributed by atoms with E-state index in [0.29, 0.717) is 0 Å². The minimum absolute atomic E-state index is 0. The monoisotopic (exact) mass is 197 g/mol. The zero-order valence-electron chi connectivity index (χ0n) is 1.36. The van der Waals surface area contributed by atoms with Gasteiger partial charge in [-0.1, -0.05) is 0 Å². The molecule has 0 amide bonds. The molecule has 0 aliphatic rings. The van der Waals surface area contributed by atoms with Crippen molar-refractivity contribution in [2.45, 2.75) is 0 Å². The summed E-state index contributed by atoms with van der Waals surface area (Å²) >= 11 is 0. The van der Waals surface area contributed by atoms with E-state index >= 15 is 0 Å². The third-order valence-electron chi connectivity index (χ3n) is 0. The maximum Gasteiger partial charge on any atom is 0.0814 e. The molecular formula is H3BCuFeZn. The van der Waals surface area contributed by atoms with Crippen LogP contribution in [-0.4, -0.2) is 8.41 Å². The minimum atomic E-state index is 0. The van der Waals surface area contributed by atoms with Crippen LogP contribution in [0.4, 0.5) is 0 Å². The average Bonchev–Trinajstić information content (AvgIpc) is 0. The van der Waals surface area contributed by atoms with Crippen LogP contribution < -0.4 is 0 Å². The summed E-state index contributed by atoms with van der Waals surface area (Å²) in [6.07, 6.45) is 0. The van der Waals surface area contributed by atoms with Crippen molar-refractivity contribution in [2.24, 2.45) is 0 Å². The number of hydrogen-bond acceptors (Lipinski definition) is 0. The molecule has 0 nitrogen and oxygen atoms in total. The quantitative estimate of drug-likeness (QED) is 0.430. The molecule has 0 fully saturated rings. The molecule has 0 aliphatic carbocycles. The maximum atomic E-state index is 0.